The van der Waals surface area contributed by atoms with Gasteiger partial charge in [0.1, 0.15) is 11.6 Å². The minimum absolute atomic E-state index is 0.230. The van der Waals surface area contributed by atoms with Crippen molar-refractivity contribution in [3.8, 4) is 0 Å². The maximum absolute atomic E-state index is 12.0. The van der Waals surface area contributed by atoms with Crippen molar-refractivity contribution in [1.82, 2.24) is 15.2 Å². The summed E-state index contributed by atoms with van der Waals surface area (Å²) in [7, 11) is -3.53. The molecule has 0 aliphatic carbocycles. The molecule has 1 amide bonds. The summed E-state index contributed by atoms with van der Waals surface area (Å²) in [6.07, 6.45) is 5.98. The molecular formula is C15H23N4O5S+. The molecule has 0 bridgehead atoms. The van der Waals surface area contributed by atoms with Gasteiger partial charge in [0, 0.05) is 12.6 Å². The SMILES string of the molecule is CCOC(=O)C1CCCN1C[n+]1cccc(C(=O)NNS(C)(=O)=O)c1. The van der Waals surface area contributed by atoms with Gasteiger partial charge in [-0.1, -0.05) is 0 Å². The third-order valence-electron chi connectivity index (χ3n) is 3.74. The Balaban J connectivity index is 2.03. The Morgan fingerprint density at radius 2 is 2.20 bits per heavy atom. The quantitative estimate of drug-likeness (QED) is 0.367. The fraction of sp³-hybridized carbons (Fsp3) is 0.533. The summed E-state index contributed by atoms with van der Waals surface area (Å²) in [6, 6.07) is 2.98. The van der Waals surface area contributed by atoms with Gasteiger partial charge in [-0.25, -0.2) is 13.3 Å². The lowest BCUT2D eigenvalue weighted by atomic mass is 10.2. The van der Waals surface area contributed by atoms with E-state index in [1.165, 1.54) is 0 Å². The highest BCUT2D eigenvalue weighted by atomic mass is 32.2. The molecule has 25 heavy (non-hydrogen) atoms. The number of nitrogens with one attached hydrogen (secondary N) is 2. The molecule has 138 valence electrons. The molecule has 9 nitrogen and oxygen atoms in total. The van der Waals surface area contributed by atoms with E-state index in [9.17, 15) is 18.0 Å². The molecule has 2 N–H and O–H groups in total. The molecule has 1 aromatic heterocycles. The van der Waals surface area contributed by atoms with Crippen LogP contribution in [0.25, 0.3) is 0 Å². The number of ether oxygens (including phenoxy) is 1. The van der Waals surface area contributed by atoms with Gasteiger partial charge in [0.05, 0.1) is 12.9 Å². The number of rotatable bonds is 7. The molecule has 1 aliphatic heterocycles. The second-order valence-corrected chi connectivity index (χ2v) is 7.55. The Morgan fingerprint density at radius 3 is 2.88 bits per heavy atom. The van der Waals surface area contributed by atoms with Crippen LogP contribution in [-0.4, -0.2) is 50.6 Å². The highest BCUT2D eigenvalue weighted by molar-refractivity contribution is 7.88. The first-order valence-electron chi connectivity index (χ1n) is 7.97. The number of hydrogen-bond acceptors (Lipinski definition) is 6. The van der Waals surface area contributed by atoms with Crippen LogP contribution in [0.3, 0.4) is 0 Å². The van der Waals surface area contributed by atoms with Crippen molar-refractivity contribution in [3.05, 3.63) is 30.1 Å². The number of esters is 1. The molecule has 0 spiro atoms. The topological polar surface area (TPSA) is 109 Å². The van der Waals surface area contributed by atoms with Crippen molar-refractivity contribution in [2.24, 2.45) is 0 Å². The van der Waals surface area contributed by atoms with Crippen molar-refractivity contribution < 1.29 is 27.3 Å². The van der Waals surface area contributed by atoms with Crippen LogP contribution >= 0.6 is 0 Å². The highest BCUT2D eigenvalue weighted by Crippen LogP contribution is 2.18. The number of amides is 1. The Labute approximate surface area is 147 Å². The first-order valence-corrected chi connectivity index (χ1v) is 9.86. The van der Waals surface area contributed by atoms with Gasteiger partial charge in [0.25, 0.3) is 5.91 Å². The van der Waals surface area contributed by atoms with Crippen LogP contribution in [0.1, 0.15) is 30.1 Å². The van der Waals surface area contributed by atoms with Gasteiger partial charge in [-0.15, -0.1) is 4.83 Å². The van der Waals surface area contributed by atoms with Crippen molar-refractivity contribution >= 4 is 21.9 Å². The summed E-state index contributed by atoms with van der Waals surface area (Å²) < 4.78 is 28.9. The molecule has 0 radical (unpaired) electrons. The van der Waals surface area contributed by atoms with E-state index < -0.39 is 15.9 Å². The van der Waals surface area contributed by atoms with Crippen LogP contribution in [0.5, 0.6) is 0 Å². The average molecular weight is 371 g/mol. The monoisotopic (exact) mass is 371 g/mol. The smallest absolute Gasteiger partial charge is 0.323 e. The zero-order valence-electron chi connectivity index (χ0n) is 14.3. The molecule has 1 aromatic rings. The molecule has 0 aromatic carbocycles. The first kappa shape index (κ1) is 19.3. The Morgan fingerprint density at radius 1 is 1.44 bits per heavy atom. The van der Waals surface area contributed by atoms with Crippen molar-refractivity contribution in [3.63, 3.8) is 0 Å². The predicted molar refractivity (Wildman–Crippen MR) is 88.4 cm³/mol. The third kappa shape index (κ3) is 5.76. The molecular weight excluding hydrogens is 348 g/mol. The maximum Gasteiger partial charge on any atom is 0.323 e. The minimum Gasteiger partial charge on any atom is -0.465 e. The number of likely N-dealkylation sites (tertiary alicyclic amines) is 1. The summed E-state index contributed by atoms with van der Waals surface area (Å²) in [5, 5.41) is 0. The lowest BCUT2D eigenvalue weighted by Gasteiger charge is -2.19. The molecule has 0 saturated carbocycles. The minimum atomic E-state index is -3.53. The van der Waals surface area contributed by atoms with Crippen LogP contribution in [0.15, 0.2) is 24.5 Å². The van der Waals surface area contributed by atoms with E-state index in [-0.39, 0.29) is 12.0 Å². The van der Waals surface area contributed by atoms with E-state index in [0.29, 0.717) is 18.8 Å². The van der Waals surface area contributed by atoms with E-state index in [4.69, 9.17) is 4.74 Å². The van der Waals surface area contributed by atoms with Crippen LogP contribution in [0, 0.1) is 0 Å². The molecule has 1 fully saturated rings. The highest BCUT2D eigenvalue weighted by Gasteiger charge is 2.33. The Bertz CT molecular complexity index is 737. The van der Waals surface area contributed by atoms with Gasteiger partial charge in [-0.2, -0.15) is 4.57 Å². The van der Waals surface area contributed by atoms with Gasteiger partial charge < -0.3 is 4.74 Å². The number of hydrazine groups is 1. The largest absolute Gasteiger partial charge is 0.465 e. The number of carbonyl (C=O) groups excluding carboxylic acids is 2. The molecule has 1 unspecified atom stereocenters. The summed E-state index contributed by atoms with van der Waals surface area (Å²) in [4.78, 5) is 27.9. The van der Waals surface area contributed by atoms with Gasteiger partial charge in [0.15, 0.2) is 12.4 Å². The number of hydrogen-bond donors (Lipinski definition) is 2. The zero-order chi connectivity index (χ0) is 18.4. The summed E-state index contributed by atoms with van der Waals surface area (Å²) in [5.74, 6) is -0.796. The van der Waals surface area contributed by atoms with Gasteiger partial charge in [0.2, 0.25) is 16.7 Å². The van der Waals surface area contributed by atoms with E-state index >= 15 is 0 Å². The molecule has 2 heterocycles. The van der Waals surface area contributed by atoms with Gasteiger partial charge in [-0.05, 0) is 25.8 Å². The van der Waals surface area contributed by atoms with Gasteiger partial charge >= 0.3 is 5.97 Å². The first-order chi connectivity index (χ1) is 11.8. The van der Waals surface area contributed by atoms with E-state index in [1.54, 1.807) is 36.0 Å². The fourth-order valence-electron chi connectivity index (χ4n) is 2.67. The lowest BCUT2D eigenvalue weighted by Crippen LogP contribution is -2.49. The summed E-state index contributed by atoms with van der Waals surface area (Å²) in [6.45, 7) is 3.32. The normalized spacial score (nSPS) is 18.1. The number of carbonyl (C=O) groups is 2. The van der Waals surface area contributed by atoms with Crippen LogP contribution in [0.2, 0.25) is 0 Å². The fourth-order valence-corrected chi connectivity index (χ4v) is 2.94. The summed E-state index contributed by atoms with van der Waals surface area (Å²) >= 11 is 0. The zero-order valence-corrected chi connectivity index (χ0v) is 15.1. The van der Waals surface area contributed by atoms with Crippen LogP contribution in [-0.2, 0) is 26.2 Å². The van der Waals surface area contributed by atoms with E-state index in [1.807, 2.05) is 9.73 Å². The molecule has 2 rings (SSSR count). The van der Waals surface area contributed by atoms with E-state index in [2.05, 4.69) is 5.43 Å². The Hall–Kier alpha value is -2.04. The second kappa shape index (κ2) is 8.37. The third-order valence-corrected chi connectivity index (χ3v) is 4.21. The number of nitrogens with zero attached hydrogens (tertiary/aromatic N) is 2. The maximum atomic E-state index is 12.0. The molecule has 10 heteroatoms. The van der Waals surface area contributed by atoms with Crippen molar-refractivity contribution in [2.75, 3.05) is 19.4 Å². The number of sulfonamides is 1. The van der Waals surface area contributed by atoms with E-state index in [0.717, 1.165) is 25.6 Å². The van der Waals surface area contributed by atoms with Crippen molar-refractivity contribution in [1.29, 1.82) is 0 Å². The predicted octanol–water partition coefficient (Wildman–Crippen LogP) is -0.847. The molecule has 1 aliphatic rings. The second-order valence-electron chi connectivity index (χ2n) is 5.80. The van der Waals surface area contributed by atoms with Crippen molar-refractivity contribution in [2.45, 2.75) is 32.5 Å². The molecule has 1 atom stereocenters. The van der Waals surface area contributed by atoms with Crippen LogP contribution < -0.4 is 14.8 Å². The van der Waals surface area contributed by atoms with Crippen LogP contribution in [0.4, 0.5) is 0 Å². The van der Waals surface area contributed by atoms with Gasteiger partial charge in [-0.3, -0.25) is 15.0 Å². The number of pyridine rings is 1. The molecule has 1 saturated heterocycles. The lowest BCUT2D eigenvalue weighted by molar-refractivity contribution is -0.716. The summed E-state index contributed by atoms with van der Waals surface area (Å²) in [5.41, 5.74) is 2.42. The average Bonchev–Trinajstić information content (AvgIpc) is 3.00. The number of aromatic nitrogens is 1. The standard InChI is InChI=1S/C15H22N4O5S/c1-3-24-15(21)13-7-5-9-19(13)11-18-8-4-6-12(10-18)14(20)16-17-25(2,22)23/h4,6,8,10,13,17H,3,5,7,9,11H2,1-2H3/p+1. The Kier molecular flexibility index (Phi) is 6.45.